The highest BCUT2D eigenvalue weighted by molar-refractivity contribution is 7.89. The number of aromatic nitrogens is 1. The van der Waals surface area contributed by atoms with E-state index in [2.05, 4.69) is 10.3 Å². The summed E-state index contributed by atoms with van der Waals surface area (Å²) in [5.74, 6) is -1.46. The van der Waals surface area contributed by atoms with Gasteiger partial charge in [-0.05, 0) is 25.1 Å². The number of anilines is 1. The molecule has 6 nitrogen and oxygen atoms in total. The maximum absolute atomic E-state index is 13.8. The average molecular weight is 343 g/mol. The first kappa shape index (κ1) is 16.5. The van der Waals surface area contributed by atoms with Crippen molar-refractivity contribution in [2.45, 2.75) is 11.8 Å². The highest BCUT2D eigenvalue weighted by Gasteiger charge is 2.23. The lowest BCUT2D eigenvalue weighted by molar-refractivity contribution is 0.102. The topological polar surface area (TPSA) is 79.4 Å². The van der Waals surface area contributed by atoms with Gasteiger partial charge in [0.1, 0.15) is 10.7 Å². The zero-order chi connectivity index (χ0) is 16.5. The molecule has 0 unspecified atom stereocenters. The summed E-state index contributed by atoms with van der Waals surface area (Å²) in [4.78, 5) is 15.6. The first-order chi connectivity index (χ1) is 10.2. The summed E-state index contributed by atoms with van der Waals surface area (Å²) in [7, 11) is -1.38. The number of sulfonamides is 1. The number of amides is 1. The molecule has 0 saturated carbocycles. The minimum Gasteiger partial charge on any atom is -0.298 e. The molecular weight excluding hydrogens is 329 g/mol. The quantitative estimate of drug-likeness (QED) is 0.922. The van der Waals surface area contributed by atoms with Crippen LogP contribution in [0.15, 0.2) is 28.5 Å². The van der Waals surface area contributed by atoms with Gasteiger partial charge in [-0.3, -0.25) is 10.1 Å². The molecule has 0 aliphatic heterocycles. The van der Waals surface area contributed by atoms with Crippen LogP contribution >= 0.6 is 11.3 Å². The number of nitrogens with zero attached hydrogens (tertiary/aromatic N) is 2. The van der Waals surface area contributed by atoms with Gasteiger partial charge in [-0.15, -0.1) is 11.3 Å². The Bertz CT molecular complexity index is 816. The van der Waals surface area contributed by atoms with Crippen LogP contribution in [0.1, 0.15) is 16.1 Å². The van der Waals surface area contributed by atoms with Gasteiger partial charge in [-0.25, -0.2) is 22.1 Å². The number of benzene rings is 1. The standard InChI is InChI=1S/C13H14FN3O3S2/c1-8-7-21-13(15-8)16-12(18)9-4-5-10(14)11(6-9)22(19,20)17(2)3/h4-7H,1-3H3,(H,15,16,18). The van der Waals surface area contributed by atoms with Crippen molar-refractivity contribution in [3.8, 4) is 0 Å². The van der Waals surface area contributed by atoms with Gasteiger partial charge >= 0.3 is 0 Å². The van der Waals surface area contributed by atoms with Crippen LogP contribution < -0.4 is 5.32 Å². The van der Waals surface area contributed by atoms with Crippen LogP contribution in [0.3, 0.4) is 0 Å². The van der Waals surface area contributed by atoms with Crippen LogP contribution in [-0.2, 0) is 10.0 Å². The number of halogens is 1. The fourth-order valence-corrected chi connectivity index (χ4v) is 3.29. The third-order valence-corrected chi connectivity index (χ3v) is 5.50. The van der Waals surface area contributed by atoms with Crippen molar-refractivity contribution in [2.24, 2.45) is 0 Å². The van der Waals surface area contributed by atoms with E-state index < -0.39 is 26.6 Å². The summed E-state index contributed by atoms with van der Waals surface area (Å²) >= 11 is 1.25. The first-order valence-electron chi connectivity index (χ1n) is 6.17. The summed E-state index contributed by atoms with van der Waals surface area (Å²) < 4.78 is 38.7. The molecule has 2 aromatic rings. The Morgan fingerprint density at radius 3 is 2.59 bits per heavy atom. The van der Waals surface area contributed by atoms with Gasteiger partial charge < -0.3 is 0 Å². The molecule has 1 N–H and O–H groups in total. The number of rotatable bonds is 4. The van der Waals surface area contributed by atoms with Crippen molar-refractivity contribution in [3.05, 3.63) is 40.7 Å². The van der Waals surface area contributed by atoms with Crippen molar-refractivity contribution in [3.63, 3.8) is 0 Å². The van der Waals surface area contributed by atoms with Crippen molar-refractivity contribution in [2.75, 3.05) is 19.4 Å². The average Bonchev–Trinajstić information content (AvgIpc) is 2.84. The summed E-state index contributed by atoms with van der Waals surface area (Å²) in [6, 6.07) is 3.19. The smallest absolute Gasteiger partial charge is 0.257 e. The number of hydrogen-bond acceptors (Lipinski definition) is 5. The number of carbonyl (C=O) groups excluding carboxylic acids is 1. The number of nitrogens with one attached hydrogen (secondary N) is 1. The SMILES string of the molecule is Cc1csc(NC(=O)c2ccc(F)c(S(=O)(=O)N(C)C)c2)n1. The van der Waals surface area contributed by atoms with Crippen LogP contribution in [0.5, 0.6) is 0 Å². The molecule has 118 valence electrons. The molecule has 0 saturated heterocycles. The Hall–Kier alpha value is -1.84. The van der Waals surface area contributed by atoms with Gasteiger partial charge in [-0.1, -0.05) is 0 Å². The first-order valence-corrected chi connectivity index (χ1v) is 8.49. The minimum atomic E-state index is -3.97. The van der Waals surface area contributed by atoms with Crippen molar-refractivity contribution < 1.29 is 17.6 Å². The van der Waals surface area contributed by atoms with Crippen molar-refractivity contribution >= 4 is 32.4 Å². The van der Waals surface area contributed by atoms with Gasteiger partial charge in [0.15, 0.2) is 5.13 Å². The van der Waals surface area contributed by atoms with Gasteiger partial charge in [0.25, 0.3) is 5.91 Å². The Morgan fingerprint density at radius 1 is 1.36 bits per heavy atom. The lowest BCUT2D eigenvalue weighted by Gasteiger charge is -2.13. The van der Waals surface area contributed by atoms with Crippen LogP contribution in [0.4, 0.5) is 9.52 Å². The highest BCUT2D eigenvalue weighted by atomic mass is 32.2. The third-order valence-electron chi connectivity index (χ3n) is 2.79. The van der Waals surface area contributed by atoms with Crippen LogP contribution in [0.2, 0.25) is 0 Å². The van der Waals surface area contributed by atoms with Gasteiger partial charge in [0, 0.05) is 25.0 Å². The Kier molecular flexibility index (Phi) is 4.59. The Labute approximate surface area is 131 Å². The molecule has 0 bridgehead atoms. The molecule has 0 aliphatic rings. The van der Waals surface area contributed by atoms with E-state index in [0.29, 0.717) is 5.13 Å². The monoisotopic (exact) mass is 343 g/mol. The second kappa shape index (κ2) is 6.11. The molecular formula is C13H14FN3O3S2. The molecule has 22 heavy (non-hydrogen) atoms. The highest BCUT2D eigenvalue weighted by Crippen LogP contribution is 2.21. The van der Waals surface area contributed by atoms with Crippen LogP contribution in [0.25, 0.3) is 0 Å². The predicted octanol–water partition coefficient (Wildman–Crippen LogP) is 2.09. The summed E-state index contributed by atoms with van der Waals surface area (Å²) in [5, 5.41) is 4.70. The number of thiazole rings is 1. The van der Waals surface area contributed by atoms with E-state index in [1.54, 1.807) is 12.3 Å². The number of hydrogen-bond donors (Lipinski definition) is 1. The van der Waals surface area contributed by atoms with Gasteiger partial charge in [-0.2, -0.15) is 0 Å². The normalized spacial score (nSPS) is 11.7. The molecule has 0 atom stereocenters. The molecule has 2 rings (SSSR count). The molecule has 0 aliphatic carbocycles. The van der Waals surface area contributed by atoms with Crippen LogP contribution in [-0.4, -0.2) is 37.7 Å². The summed E-state index contributed by atoms with van der Waals surface area (Å²) in [5.41, 5.74) is 0.796. The second-order valence-corrected chi connectivity index (χ2v) is 7.66. The lowest BCUT2D eigenvalue weighted by Crippen LogP contribution is -2.24. The molecule has 1 aromatic carbocycles. The molecule has 0 fully saturated rings. The van der Waals surface area contributed by atoms with Crippen molar-refractivity contribution in [1.29, 1.82) is 0 Å². The lowest BCUT2D eigenvalue weighted by atomic mass is 10.2. The Balaban J connectivity index is 2.35. The zero-order valence-electron chi connectivity index (χ0n) is 12.1. The van der Waals surface area contributed by atoms with E-state index in [-0.39, 0.29) is 5.56 Å². The van der Waals surface area contributed by atoms with Gasteiger partial charge in [0.05, 0.1) is 5.69 Å². The predicted molar refractivity (Wildman–Crippen MR) is 82.1 cm³/mol. The Morgan fingerprint density at radius 2 is 2.05 bits per heavy atom. The van der Waals surface area contributed by atoms with E-state index >= 15 is 0 Å². The molecule has 9 heteroatoms. The molecule has 1 heterocycles. The molecule has 1 aromatic heterocycles. The number of aryl methyl sites for hydroxylation is 1. The van der Waals surface area contributed by atoms with Gasteiger partial charge in [0.2, 0.25) is 10.0 Å². The second-order valence-electron chi connectivity index (χ2n) is 4.68. The zero-order valence-corrected chi connectivity index (χ0v) is 13.8. The summed E-state index contributed by atoms with van der Waals surface area (Å²) in [6.45, 7) is 1.78. The maximum atomic E-state index is 13.8. The summed E-state index contributed by atoms with van der Waals surface area (Å²) in [6.07, 6.45) is 0. The van der Waals surface area contributed by atoms with E-state index in [1.165, 1.54) is 31.5 Å². The fraction of sp³-hybridized carbons (Fsp3) is 0.231. The van der Waals surface area contributed by atoms with E-state index in [0.717, 1.165) is 22.1 Å². The molecule has 1 amide bonds. The van der Waals surface area contributed by atoms with E-state index in [4.69, 9.17) is 0 Å². The molecule has 0 spiro atoms. The van der Waals surface area contributed by atoms with Crippen molar-refractivity contribution in [1.82, 2.24) is 9.29 Å². The fourth-order valence-electron chi connectivity index (χ4n) is 1.62. The third kappa shape index (κ3) is 3.32. The van der Waals surface area contributed by atoms with E-state index in [1.807, 2.05) is 0 Å². The minimum absolute atomic E-state index is 0.0367. The van der Waals surface area contributed by atoms with Crippen LogP contribution in [0, 0.1) is 12.7 Å². The maximum Gasteiger partial charge on any atom is 0.257 e. The number of carbonyl (C=O) groups is 1. The molecule has 0 radical (unpaired) electrons. The van der Waals surface area contributed by atoms with E-state index in [9.17, 15) is 17.6 Å². The largest absolute Gasteiger partial charge is 0.298 e.